The van der Waals surface area contributed by atoms with Crippen LogP contribution in [-0.4, -0.2) is 5.11 Å². The van der Waals surface area contributed by atoms with Crippen LogP contribution in [0.2, 0.25) is 5.02 Å². The van der Waals surface area contributed by atoms with Crippen LogP contribution < -0.4 is 5.32 Å². The Balaban J connectivity index is 2.02. The number of rotatable bonds is 4. The highest BCUT2D eigenvalue weighted by atomic mass is 35.5. The zero-order valence-corrected chi connectivity index (χ0v) is 11.9. The van der Waals surface area contributed by atoms with Gasteiger partial charge in [-0.15, -0.1) is 0 Å². The molecule has 0 aliphatic rings. The summed E-state index contributed by atoms with van der Waals surface area (Å²) >= 11 is 5.89. The summed E-state index contributed by atoms with van der Waals surface area (Å²) in [5, 5.41) is 13.2. The van der Waals surface area contributed by atoms with E-state index in [1.165, 1.54) is 11.1 Å². The van der Waals surface area contributed by atoms with Gasteiger partial charge in [0.05, 0.1) is 5.02 Å². The van der Waals surface area contributed by atoms with Gasteiger partial charge in [0.1, 0.15) is 5.75 Å². The number of halogens is 1. The summed E-state index contributed by atoms with van der Waals surface area (Å²) in [4.78, 5) is 0. The normalized spacial score (nSPS) is 12.4. The van der Waals surface area contributed by atoms with E-state index in [-0.39, 0.29) is 11.8 Å². The van der Waals surface area contributed by atoms with Crippen molar-refractivity contribution in [2.24, 2.45) is 0 Å². The van der Waals surface area contributed by atoms with Gasteiger partial charge < -0.3 is 10.4 Å². The van der Waals surface area contributed by atoms with E-state index < -0.39 is 0 Å². The molecule has 19 heavy (non-hydrogen) atoms. The lowest BCUT2D eigenvalue weighted by atomic mass is 10.0. The molecular weight excluding hydrogens is 258 g/mol. The predicted molar refractivity (Wildman–Crippen MR) is 79.6 cm³/mol. The van der Waals surface area contributed by atoms with E-state index in [9.17, 15) is 5.11 Å². The molecular formula is C16H18ClNO. The van der Waals surface area contributed by atoms with Crippen LogP contribution in [0.4, 0.5) is 0 Å². The fourth-order valence-electron chi connectivity index (χ4n) is 2.11. The fraction of sp³-hybridized carbons (Fsp3) is 0.250. The van der Waals surface area contributed by atoms with Crippen molar-refractivity contribution in [1.82, 2.24) is 5.32 Å². The third-order valence-corrected chi connectivity index (χ3v) is 3.58. The van der Waals surface area contributed by atoms with E-state index in [2.05, 4.69) is 37.4 Å². The highest BCUT2D eigenvalue weighted by molar-refractivity contribution is 6.32. The summed E-state index contributed by atoms with van der Waals surface area (Å²) in [7, 11) is 0. The van der Waals surface area contributed by atoms with Crippen LogP contribution in [0, 0.1) is 6.92 Å². The van der Waals surface area contributed by atoms with Crippen LogP contribution in [0.25, 0.3) is 0 Å². The third kappa shape index (κ3) is 3.49. The zero-order valence-electron chi connectivity index (χ0n) is 11.2. The number of nitrogens with one attached hydrogen (secondary N) is 1. The van der Waals surface area contributed by atoms with Gasteiger partial charge in [-0.25, -0.2) is 0 Å². The monoisotopic (exact) mass is 275 g/mol. The number of benzene rings is 2. The first-order valence-electron chi connectivity index (χ1n) is 6.34. The summed E-state index contributed by atoms with van der Waals surface area (Å²) in [6.45, 7) is 4.98. The third-order valence-electron chi connectivity index (χ3n) is 3.28. The minimum atomic E-state index is 0.123. The van der Waals surface area contributed by atoms with Crippen molar-refractivity contribution in [1.29, 1.82) is 0 Å². The van der Waals surface area contributed by atoms with E-state index in [0.29, 0.717) is 5.02 Å². The van der Waals surface area contributed by atoms with Crippen molar-refractivity contribution >= 4 is 11.6 Å². The standard InChI is InChI=1S/C16H18ClNO/c1-11-5-3-4-6-14(11)12(2)18-10-13-7-8-16(19)15(17)9-13/h3-9,12,18-19H,10H2,1-2H3/t12-/m0/s1. The van der Waals surface area contributed by atoms with Crippen LogP contribution in [0.15, 0.2) is 42.5 Å². The van der Waals surface area contributed by atoms with Crippen LogP contribution >= 0.6 is 11.6 Å². The van der Waals surface area contributed by atoms with Crippen LogP contribution in [0.5, 0.6) is 5.75 Å². The minimum Gasteiger partial charge on any atom is -0.506 e. The number of aryl methyl sites for hydroxylation is 1. The van der Waals surface area contributed by atoms with Gasteiger partial charge in [-0.1, -0.05) is 41.9 Å². The summed E-state index contributed by atoms with van der Waals surface area (Å²) in [5.41, 5.74) is 3.64. The maximum Gasteiger partial charge on any atom is 0.134 e. The molecule has 2 aromatic carbocycles. The molecule has 100 valence electrons. The second-order valence-electron chi connectivity index (χ2n) is 4.74. The van der Waals surface area contributed by atoms with Crippen molar-refractivity contribution in [2.75, 3.05) is 0 Å². The first-order chi connectivity index (χ1) is 9.08. The van der Waals surface area contributed by atoms with Gasteiger partial charge in [0.2, 0.25) is 0 Å². The molecule has 0 saturated carbocycles. The van der Waals surface area contributed by atoms with Crippen molar-refractivity contribution in [2.45, 2.75) is 26.4 Å². The molecule has 0 unspecified atom stereocenters. The molecule has 1 atom stereocenters. The van der Waals surface area contributed by atoms with Crippen molar-refractivity contribution in [3.05, 3.63) is 64.2 Å². The van der Waals surface area contributed by atoms with Gasteiger partial charge in [0, 0.05) is 12.6 Å². The minimum absolute atomic E-state index is 0.123. The van der Waals surface area contributed by atoms with E-state index in [0.717, 1.165) is 12.1 Å². The van der Waals surface area contributed by atoms with E-state index >= 15 is 0 Å². The molecule has 2 rings (SSSR count). The Bertz CT molecular complexity index is 568. The van der Waals surface area contributed by atoms with E-state index in [1.54, 1.807) is 12.1 Å². The van der Waals surface area contributed by atoms with Crippen molar-refractivity contribution < 1.29 is 5.11 Å². The lowest BCUT2D eigenvalue weighted by molar-refractivity contribution is 0.475. The Hall–Kier alpha value is -1.51. The van der Waals surface area contributed by atoms with Crippen LogP contribution in [-0.2, 0) is 6.54 Å². The Morgan fingerprint density at radius 2 is 1.95 bits per heavy atom. The SMILES string of the molecule is Cc1ccccc1[C@H](C)NCc1ccc(O)c(Cl)c1. The molecule has 0 amide bonds. The fourth-order valence-corrected chi connectivity index (χ4v) is 2.32. The number of phenols is 1. The molecule has 0 heterocycles. The van der Waals surface area contributed by atoms with E-state index in [4.69, 9.17) is 11.6 Å². The number of phenolic OH excluding ortho intramolecular Hbond substituents is 1. The Kier molecular flexibility index (Phi) is 4.46. The second-order valence-corrected chi connectivity index (χ2v) is 5.15. The molecule has 0 radical (unpaired) electrons. The maximum atomic E-state index is 9.38. The molecule has 2 N–H and O–H groups in total. The lowest BCUT2D eigenvalue weighted by Crippen LogP contribution is -2.18. The Morgan fingerprint density at radius 1 is 1.21 bits per heavy atom. The topological polar surface area (TPSA) is 32.3 Å². The van der Waals surface area contributed by atoms with Crippen LogP contribution in [0.1, 0.15) is 29.7 Å². The number of hydrogen-bond acceptors (Lipinski definition) is 2. The lowest BCUT2D eigenvalue weighted by Gasteiger charge is -2.16. The molecule has 0 fully saturated rings. The Morgan fingerprint density at radius 3 is 2.63 bits per heavy atom. The Labute approximate surface area is 119 Å². The number of aromatic hydroxyl groups is 1. The molecule has 0 spiro atoms. The quantitative estimate of drug-likeness (QED) is 0.876. The first kappa shape index (κ1) is 13.9. The maximum absolute atomic E-state index is 9.38. The molecule has 3 heteroatoms. The molecule has 0 aliphatic heterocycles. The molecule has 0 aliphatic carbocycles. The number of hydrogen-bond donors (Lipinski definition) is 2. The average molecular weight is 276 g/mol. The summed E-state index contributed by atoms with van der Waals surface area (Å²) in [6.07, 6.45) is 0. The summed E-state index contributed by atoms with van der Waals surface area (Å²) in [5.74, 6) is 0.123. The molecule has 2 aromatic rings. The smallest absolute Gasteiger partial charge is 0.134 e. The molecule has 0 saturated heterocycles. The predicted octanol–water partition coefficient (Wildman–Crippen LogP) is 4.20. The first-order valence-corrected chi connectivity index (χ1v) is 6.72. The zero-order chi connectivity index (χ0) is 13.8. The summed E-state index contributed by atoms with van der Waals surface area (Å²) in [6, 6.07) is 13.9. The van der Waals surface area contributed by atoms with Gasteiger partial charge in [-0.05, 0) is 42.7 Å². The van der Waals surface area contributed by atoms with Crippen molar-refractivity contribution in [3.63, 3.8) is 0 Å². The highest BCUT2D eigenvalue weighted by Crippen LogP contribution is 2.24. The molecule has 0 bridgehead atoms. The van der Waals surface area contributed by atoms with E-state index in [1.807, 2.05) is 12.1 Å². The van der Waals surface area contributed by atoms with Gasteiger partial charge in [-0.2, -0.15) is 0 Å². The average Bonchev–Trinajstić information content (AvgIpc) is 2.40. The van der Waals surface area contributed by atoms with Crippen molar-refractivity contribution in [3.8, 4) is 5.75 Å². The largest absolute Gasteiger partial charge is 0.506 e. The highest BCUT2D eigenvalue weighted by Gasteiger charge is 2.07. The van der Waals surface area contributed by atoms with Crippen LogP contribution in [0.3, 0.4) is 0 Å². The van der Waals surface area contributed by atoms with Gasteiger partial charge in [-0.3, -0.25) is 0 Å². The summed E-state index contributed by atoms with van der Waals surface area (Å²) < 4.78 is 0. The van der Waals surface area contributed by atoms with Gasteiger partial charge >= 0.3 is 0 Å². The van der Waals surface area contributed by atoms with Gasteiger partial charge in [0.25, 0.3) is 0 Å². The molecule has 2 nitrogen and oxygen atoms in total. The van der Waals surface area contributed by atoms with Gasteiger partial charge in [0.15, 0.2) is 0 Å². The molecule has 0 aromatic heterocycles. The second kappa shape index (κ2) is 6.09.